The molecule has 2 atom stereocenters. The van der Waals surface area contributed by atoms with Crippen LogP contribution in [0.5, 0.6) is 11.5 Å². The number of rotatable bonds is 9. The Kier molecular flexibility index (Phi) is 6.91. The highest BCUT2D eigenvalue weighted by molar-refractivity contribution is 8.00. The van der Waals surface area contributed by atoms with Crippen LogP contribution in [0.2, 0.25) is 0 Å². The monoisotopic (exact) mass is 526 g/mol. The third kappa shape index (κ3) is 6.10. The van der Waals surface area contributed by atoms with Gasteiger partial charge >= 0.3 is 6.18 Å². The molecule has 0 amide bonds. The molecule has 1 aliphatic carbocycles. The highest BCUT2D eigenvalue weighted by Gasteiger charge is 2.38. The second-order valence-electron chi connectivity index (χ2n) is 8.92. The predicted molar refractivity (Wildman–Crippen MR) is 133 cm³/mol. The molecule has 4 rings (SSSR count). The fourth-order valence-electron chi connectivity index (χ4n) is 3.55. The first-order valence-corrected chi connectivity index (χ1v) is 13.3. The zero-order chi connectivity index (χ0) is 26.3. The zero-order valence-electron chi connectivity index (χ0n) is 19.9. The molecule has 0 saturated heterocycles. The van der Waals surface area contributed by atoms with E-state index >= 15 is 0 Å². The number of nitrogens with one attached hydrogen (secondary N) is 2. The van der Waals surface area contributed by atoms with Crippen LogP contribution in [0.1, 0.15) is 25.3 Å². The van der Waals surface area contributed by atoms with Gasteiger partial charge in [0.05, 0.1) is 23.5 Å². The average molecular weight is 527 g/mol. The Bertz CT molecular complexity index is 1390. The Balaban J connectivity index is 1.78. The molecule has 1 aromatic heterocycles. The summed E-state index contributed by atoms with van der Waals surface area (Å²) in [5, 5.41) is 3.49. The molecule has 194 valence electrons. The van der Waals surface area contributed by atoms with Crippen LogP contribution in [-0.4, -0.2) is 45.2 Å². The van der Waals surface area contributed by atoms with Gasteiger partial charge in [-0.25, -0.2) is 18.6 Å². The van der Waals surface area contributed by atoms with E-state index in [9.17, 15) is 21.8 Å². The van der Waals surface area contributed by atoms with Gasteiger partial charge in [0.1, 0.15) is 29.5 Å². The van der Waals surface area contributed by atoms with Crippen molar-refractivity contribution in [1.82, 2.24) is 9.97 Å². The van der Waals surface area contributed by atoms with Crippen LogP contribution in [0.25, 0.3) is 10.9 Å². The molecule has 0 radical (unpaired) electrons. The fourth-order valence-corrected chi connectivity index (χ4v) is 4.17. The first-order chi connectivity index (χ1) is 16.8. The quantitative estimate of drug-likeness (QED) is 0.278. The van der Waals surface area contributed by atoms with Crippen molar-refractivity contribution in [3.8, 4) is 11.5 Å². The van der Waals surface area contributed by atoms with Crippen molar-refractivity contribution in [2.75, 3.05) is 22.9 Å². The van der Waals surface area contributed by atoms with Crippen molar-refractivity contribution in [3.63, 3.8) is 0 Å². The lowest BCUT2D eigenvalue weighted by Gasteiger charge is -2.21. The van der Waals surface area contributed by atoms with Crippen LogP contribution in [0.3, 0.4) is 0 Å². The number of aryl methyl sites for hydroxylation is 1. The Morgan fingerprint density at radius 2 is 1.94 bits per heavy atom. The Labute approximate surface area is 206 Å². The molecule has 1 heterocycles. The summed E-state index contributed by atoms with van der Waals surface area (Å²) in [6.07, 6.45) is -1.93. The second kappa shape index (κ2) is 9.64. The summed E-state index contributed by atoms with van der Waals surface area (Å²) in [7, 11) is -2.63. The maximum atomic E-state index is 13.9. The molecule has 3 aromatic rings. The highest BCUT2D eigenvalue weighted by atomic mass is 32.2. The number of hydrogen-bond acceptors (Lipinski definition) is 6. The van der Waals surface area contributed by atoms with Crippen LogP contribution in [0.15, 0.2) is 30.6 Å². The molecule has 1 saturated carbocycles. The Hall–Kier alpha value is -3.28. The van der Waals surface area contributed by atoms with E-state index < -0.39 is 27.8 Å². The number of hydrogen-bond donors (Lipinski definition) is 2. The van der Waals surface area contributed by atoms with Gasteiger partial charge in [-0.1, -0.05) is 0 Å². The van der Waals surface area contributed by atoms with E-state index in [1.807, 2.05) is 0 Å². The Morgan fingerprint density at radius 1 is 1.22 bits per heavy atom. The summed E-state index contributed by atoms with van der Waals surface area (Å²) in [4.78, 5) is 8.57. The minimum atomic E-state index is -4.63. The van der Waals surface area contributed by atoms with Crippen molar-refractivity contribution in [2.45, 2.75) is 39.0 Å². The molecule has 2 aromatic carbocycles. The molecule has 2 unspecified atom stereocenters. The van der Waals surface area contributed by atoms with Crippen LogP contribution in [0, 0.1) is 18.7 Å². The standard InChI is InChI=1S/C24H26F4N4O3S/c1-13-21-18(10-19(32-36(3,4)33)22(13)34-11-15-5-6-15)29-12-30-23(21)31-17-8-7-16(25)9-20(17)35-14(2)24(26,27)28/h7-10,12,14-15H,3,5-6,11H2,1-2,4H3,(H,32,33)(H,29,30,31). The smallest absolute Gasteiger partial charge is 0.425 e. The lowest BCUT2D eigenvalue weighted by atomic mass is 10.1. The van der Waals surface area contributed by atoms with Gasteiger partial charge in [0.2, 0.25) is 0 Å². The fraction of sp³-hybridized carbons (Fsp3) is 0.375. The van der Waals surface area contributed by atoms with E-state index in [1.165, 1.54) is 18.6 Å². The van der Waals surface area contributed by atoms with Crippen LogP contribution in [0.4, 0.5) is 34.8 Å². The number of nitrogens with zero attached hydrogens (tertiary/aromatic N) is 2. The van der Waals surface area contributed by atoms with Gasteiger partial charge in [-0.2, -0.15) is 13.2 Å². The third-order valence-electron chi connectivity index (χ3n) is 5.57. The zero-order valence-corrected chi connectivity index (χ0v) is 20.7. The van der Waals surface area contributed by atoms with Crippen molar-refractivity contribution >= 4 is 43.7 Å². The number of benzene rings is 2. The molecule has 0 aliphatic heterocycles. The number of anilines is 3. The summed E-state index contributed by atoms with van der Waals surface area (Å²) in [5.74, 6) is 3.72. The molecule has 0 spiro atoms. The molecular weight excluding hydrogens is 500 g/mol. The number of halogens is 4. The molecule has 12 heteroatoms. The van der Waals surface area contributed by atoms with Crippen LogP contribution >= 0.6 is 0 Å². The SMILES string of the molecule is C=S(C)(=O)Nc1cc2ncnc(Nc3ccc(F)cc3OC(C)C(F)(F)F)c2c(C)c1OCC1CC1. The van der Waals surface area contributed by atoms with Gasteiger partial charge in [0, 0.05) is 33.0 Å². The van der Waals surface area contributed by atoms with E-state index in [2.05, 4.69) is 25.9 Å². The van der Waals surface area contributed by atoms with Gasteiger partial charge in [0.15, 0.2) is 6.10 Å². The van der Waals surface area contributed by atoms with E-state index in [1.54, 1.807) is 13.0 Å². The summed E-state index contributed by atoms with van der Waals surface area (Å²) in [6.45, 7) is 3.09. The van der Waals surface area contributed by atoms with Crippen molar-refractivity contribution in [2.24, 2.45) is 5.92 Å². The maximum Gasteiger partial charge on any atom is 0.425 e. The van der Waals surface area contributed by atoms with Crippen molar-refractivity contribution in [3.05, 3.63) is 42.0 Å². The van der Waals surface area contributed by atoms with E-state index in [-0.39, 0.29) is 17.3 Å². The van der Waals surface area contributed by atoms with Gasteiger partial charge in [0.25, 0.3) is 0 Å². The molecule has 2 N–H and O–H groups in total. The molecule has 0 bridgehead atoms. The molecule has 36 heavy (non-hydrogen) atoms. The number of aromatic nitrogens is 2. The minimum absolute atomic E-state index is 0.0869. The third-order valence-corrected chi connectivity index (χ3v) is 6.22. The van der Waals surface area contributed by atoms with Gasteiger partial charge in [-0.05, 0) is 56.7 Å². The number of fused-ring (bicyclic) bond motifs is 1. The highest BCUT2D eigenvalue weighted by Crippen LogP contribution is 2.41. The maximum absolute atomic E-state index is 13.9. The summed E-state index contributed by atoms with van der Waals surface area (Å²) < 4.78 is 79.5. The van der Waals surface area contributed by atoms with Gasteiger partial charge in [-0.3, -0.25) is 0 Å². The van der Waals surface area contributed by atoms with E-state index in [0.29, 0.717) is 40.4 Å². The largest absolute Gasteiger partial charge is 0.491 e. The molecule has 7 nitrogen and oxygen atoms in total. The lowest BCUT2D eigenvalue weighted by Crippen LogP contribution is -2.31. The molecular formula is C24H26F4N4O3S. The number of alkyl halides is 3. The van der Waals surface area contributed by atoms with E-state index in [0.717, 1.165) is 31.9 Å². The normalized spacial score (nSPS) is 16.3. The van der Waals surface area contributed by atoms with Gasteiger partial charge in [-0.15, -0.1) is 0 Å². The summed E-state index contributed by atoms with van der Waals surface area (Å²) in [6, 6.07) is 4.90. The van der Waals surface area contributed by atoms with Crippen molar-refractivity contribution in [1.29, 1.82) is 0 Å². The first kappa shape index (κ1) is 25.8. The predicted octanol–water partition coefficient (Wildman–Crippen LogP) is 5.61. The first-order valence-electron chi connectivity index (χ1n) is 11.1. The molecule has 1 aliphatic rings. The molecule has 1 fully saturated rings. The average Bonchev–Trinajstić information content (AvgIpc) is 3.58. The lowest BCUT2D eigenvalue weighted by molar-refractivity contribution is -0.189. The summed E-state index contributed by atoms with van der Waals surface area (Å²) >= 11 is 0. The van der Waals surface area contributed by atoms with Crippen LogP contribution < -0.4 is 19.5 Å². The Morgan fingerprint density at radius 3 is 2.58 bits per heavy atom. The van der Waals surface area contributed by atoms with Crippen LogP contribution in [-0.2, 0) is 9.71 Å². The van der Waals surface area contributed by atoms with Gasteiger partial charge < -0.3 is 19.5 Å². The number of ether oxygens (including phenoxy) is 2. The second-order valence-corrected chi connectivity index (χ2v) is 11.1. The van der Waals surface area contributed by atoms with Crippen molar-refractivity contribution < 1.29 is 31.2 Å². The van der Waals surface area contributed by atoms with E-state index in [4.69, 9.17) is 9.47 Å². The minimum Gasteiger partial charge on any atom is -0.491 e. The summed E-state index contributed by atoms with van der Waals surface area (Å²) in [5.41, 5.74) is 1.63. The topological polar surface area (TPSA) is 85.4 Å².